The normalized spacial score (nSPS) is 21.0. The van der Waals surface area contributed by atoms with E-state index in [9.17, 15) is 9.59 Å². The summed E-state index contributed by atoms with van der Waals surface area (Å²) in [6, 6.07) is 10.4. The first kappa shape index (κ1) is 23.2. The largest absolute Gasteiger partial charge is 0.483 e. The molecule has 2 saturated heterocycles. The summed E-state index contributed by atoms with van der Waals surface area (Å²) in [5, 5.41) is 6.89. The molecule has 2 aliphatic rings. The van der Waals surface area contributed by atoms with Gasteiger partial charge in [-0.2, -0.15) is 0 Å². The maximum absolute atomic E-state index is 12.9. The van der Waals surface area contributed by atoms with Crippen LogP contribution >= 0.6 is 0 Å². The molecule has 2 aliphatic heterocycles. The van der Waals surface area contributed by atoms with Gasteiger partial charge in [0.15, 0.2) is 6.39 Å². The van der Waals surface area contributed by atoms with Gasteiger partial charge in [0.1, 0.15) is 6.54 Å². The fraction of sp³-hybridized carbons (Fsp3) is 0.375. The Kier molecular flexibility index (Phi) is 7.05. The lowest BCUT2D eigenvalue weighted by Crippen LogP contribution is -2.39. The third-order valence-corrected chi connectivity index (χ3v) is 6.67. The van der Waals surface area contributed by atoms with Crippen molar-refractivity contribution in [1.29, 1.82) is 0 Å². The second-order valence-electron chi connectivity index (χ2n) is 8.71. The van der Waals surface area contributed by atoms with Crippen LogP contribution in [0.4, 0.5) is 0 Å². The fourth-order valence-corrected chi connectivity index (χ4v) is 5.03. The van der Waals surface area contributed by atoms with Gasteiger partial charge in [-0.25, -0.2) is 9.97 Å². The highest BCUT2D eigenvalue weighted by Gasteiger charge is 2.54. The first-order chi connectivity index (χ1) is 16.5. The van der Waals surface area contributed by atoms with Crippen LogP contribution in [0.15, 0.2) is 66.1 Å². The maximum Gasteiger partial charge on any atom is 0.291 e. The molecule has 34 heavy (non-hydrogen) atoms. The zero-order valence-electron chi connectivity index (χ0n) is 18.7. The average molecular weight is 466 g/mol. The van der Waals surface area contributed by atoms with E-state index in [1.54, 1.807) is 23.3 Å². The van der Waals surface area contributed by atoms with Gasteiger partial charge < -0.3 is 23.9 Å². The Bertz CT molecular complexity index is 1090. The predicted octanol–water partition coefficient (Wildman–Crippen LogP) is 1.81. The molecule has 2 fully saturated rings. The molecular weight excluding hydrogens is 438 g/mol. The second kappa shape index (κ2) is 10.3. The summed E-state index contributed by atoms with van der Waals surface area (Å²) in [6.45, 7) is 2.63. The summed E-state index contributed by atoms with van der Waals surface area (Å²) >= 11 is 0. The fourth-order valence-electron chi connectivity index (χ4n) is 5.03. The summed E-state index contributed by atoms with van der Waals surface area (Å²) in [4.78, 5) is 45.9. The van der Waals surface area contributed by atoms with E-state index < -0.39 is 0 Å². The molecule has 178 valence electrons. The molecule has 10 heteroatoms. The molecule has 2 atom stereocenters. The van der Waals surface area contributed by atoms with Crippen molar-refractivity contribution >= 4 is 18.3 Å². The Hall–Kier alpha value is -3.95. The van der Waals surface area contributed by atoms with Crippen LogP contribution < -0.4 is 0 Å². The number of amides is 2. The van der Waals surface area contributed by atoms with Crippen LogP contribution in [0.5, 0.6) is 0 Å². The first-order valence-corrected chi connectivity index (χ1v) is 11.1. The number of oxazole rings is 1. The van der Waals surface area contributed by atoms with E-state index in [0.29, 0.717) is 32.7 Å². The lowest BCUT2D eigenvalue weighted by atomic mass is 9.76. The van der Waals surface area contributed by atoms with Crippen molar-refractivity contribution < 1.29 is 23.9 Å². The molecule has 0 aliphatic carbocycles. The number of fused-ring (bicyclic) bond motifs is 1. The minimum absolute atomic E-state index is 0.0968. The van der Waals surface area contributed by atoms with E-state index >= 15 is 0 Å². The van der Waals surface area contributed by atoms with Gasteiger partial charge in [-0.1, -0.05) is 30.3 Å². The minimum Gasteiger partial charge on any atom is -0.483 e. The van der Waals surface area contributed by atoms with Gasteiger partial charge in [-0.05, 0) is 18.4 Å². The SMILES string of the molecule is O=C(Cn1ccnc1)N1C[C@@H]2CN(C(=O)c3cnco3)C[C@]2(CCc2ccccc2)C1.O=CO. The van der Waals surface area contributed by atoms with Crippen LogP contribution in [0.25, 0.3) is 0 Å². The first-order valence-electron chi connectivity index (χ1n) is 11.1. The molecular formula is C24H27N5O5. The number of imidazole rings is 1. The summed E-state index contributed by atoms with van der Waals surface area (Å²) in [6.07, 6.45) is 9.75. The van der Waals surface area contributed by atoms with Crippen LogP contribution in [0.2, 0.25) is 0 Å². The number of carbonyl (C=O) groups is 3. The van der Waals surface area contributed by atoms with E-state index in [1.165, 1.54) is 18.2 Å². The number of hydrogen-bond donors (Lipinski definition) is 1. The van der Waals surface area contributed by atoms with E-state index in [2.05, 4.69) is 34.2 Å². The molecule has 4 heterocycles. The summed E-state index contributed by atoms with van der Waals surface area (Å²) in [7, 11) is 0. The monoisotopic (exact) mass is 465 g/mol. The van der Waals surface area contributed by atoms with Crippen molar-refractivity contribution in [2.75, 3.05) is 26.2 Å². The highest BCUT2D eigenvalue weighted by Crippen LogP contribution is 2.46. The van der Waals surface area contributed by atoms with E-state index in [4.69, 9.17) is 14.3 Å². The second-order valence-corrected chi connectivity index (χ2v) is 8.71. The van der Waals surface area contributed by atoms with Crippen molar-refractivity contribution in [3.05, 3.63) is 73.0 Å². The zero-order chi connectivity index (χ0) is 24.0. The molecule has 2 aromatic heterocycles. The molecule has 0 spiro atoms. The van der Waals surface area contributed by atoms with Crippen molar-refractivity contribution in [1.82, 2.24) is 24.3 Å². The number of likely N-dealkylation sites (tertiary alicyclic amines) is 2. The Morgan fingerprint density at radius 3 is 2.56 bits per heavy atom. The predicted molar refractivity (Wildman–Crippen MR) is 121 cm³/mol. The number of carbonyl (C=O) groups excluding carboxylic acids is 2. The number of carboxylic acid groups (broad SMARTS) is 1. The number of benzene rings is 1. The lowest BCUT2D eigenvalue weighted by molar-refractivity contribution is -0.131. The molecule has 0 radical (unpaired) electrons. The molecule has 1 N–H and O–H groups in total. The lowest BCUT2D eigenvalue weighted by Gasteiger charge is -2.29. The number of hydrogen-bond acceptors (Lipinski definition) is 6. The van der Waals surface area contributed by atoms with Crippen molar-refractivity contribution in [3.63, 3.8) is 0 Å². The molecule has 10 nitrogen and oxygen atoms in total. The maximum atomic E-state index is 12.9. The molecule has 1 aromatic carbocycles. The Balaban J connectivity index is 0.000000868. The van der Waals surface area contributed by atoms with Crippen LogP contribution in [-0.4, -0.2) is 73.9 Å². The molecule has 3 aromatic rings. The third-order valence-electron chi connectivity index (χ3n) is 6.67. The van der Waals surface area contributed by atoms with Gasteiger partial charge in [0.25, 0.3) is 12.4 Å². The minimum atomic E-state index is -0.250. The smallest absolute Gasteiger partial charge is 0.291 e. The Labute approximate surface area is 196 Å². The number of nitrogens with zero attached hydrogens (tertiary/aromatic N) is 5. The van der Waals surface area contributed by atoms with Crippen molar-refractivity contribution in [2.24, 2.45) is 11.3 Å². The summed E-state index contributed by atoms with van der Waals surface area (Å²) in [5.41, 5.74) is 1.16. The van der Waals surface area contributed by atoms with Crippen LogP contribution in [0.3, 0.4) is 0 Å². The van der Waals surface area contributed by atoms with Gasteiger partial charge in [0, 0.05) is 49.9 Å². The summed E-state index contributed by atoms with van der Waals surface area (Å²) < 4.78 is 7.03. The van der Waals surface area contributed by atoms with Gasteiger partial charge in [-0.3, -0.25) is 14.4 Å². The third kappa shape index (κ3) is 5.00. The highest BCUT2D eigenvalue weighted by molar-refractivity contribution is 5.91. The molecule has 0 unspecified atom stereocenters. The van der Waals surface area contributed by atoms with Gasteiger partial charge in [-0.15, -0.1) is 0 Å². The standard InChI is InChI=1S/C23H25N5O3.CH2O2/c29-21(13-26-9-8-24-16-26)27-11-19-12-28(22(30)20-10-25-17-31-20)15-23(19,14-27)7-6-18-4-2-1-3-5-18;2-1-3/h1-5,8-10,16-17,19H,6-7,11-15H2;1H,(H,2,3)/t19-,23+;/m1./s1. The average Bonchev–Trinajstić information content (AvgIpc) is 3.63. The molecule has 5 rings (SSSR count). The van der Waals surface area contributed by atoms with Crippen molar-refractivity contribution in [2.45, 2.75) is 19.4 Å². The van der Waals surface area contributed by atoms with Crippen LogP contribution in [0, 0.1) is 11.3 Å². The number of aryl methyl sites for hydroxylation is 1. The topological polar surface area (TPSA) is 122 Å². The van der Waals surface area contributed by atoms with E-state index in [0.717, 1.165) is 12.8 Å². The van der Waals surface area contributed by atoms with Gasteiger partial charge in [0.05, 0.1) is 12.5 Å². The number of aromatic nitrogens is 3. The quantitative estimate of drug-likeness (QED) is 0.551. The summed E-state index contributed by atoms with van der Waals surface area (Å²) in [5.74, 6) is 0.489. The molecule has 0 bridgehead atoms. The Morgan fingerprint density at radius 2 is 1.88 bits per heavy atom. The van der Waals surface area contributed by atoms with Crippen LogP contribution in [-0.2, 0) is 22.6 Å². The highest BCUT2D eigenvalue weighted by atomic mass is 16.4. The van der Waals surface area contributed by atoms with Crippen molar-refractivity contribution in [3.8, 4) is 0 Å². The Morgan fingerprint density at radius 1 is 1.15 bits per heavy atom. The van der Waals surface area contributed by atoms with E-state index in [1.807, 2.05) is 15.9 Å². The molecule has 0 saturated carbocycles. The zero-order valence-corrected chi connectivity index (χ0v) is 18.7. The van der Waals surface area contributed by atoms with Gasteiger partial charge >= 0.3 is 0 Å². The van der Waals surface area contributed by atoms with Crippen LogP contribution in [0.1, 0.15) is 22.5 Å². The van der Waals surface area contributed by atoms with E-state index in [-0.39, 0.29) is 35.4 Å². The number of rotatable bonds is 6. The van der Waals surface area contributed by atoms with Gasteiger partial charge in [0.2, 0.25) is 11.7 Å². The molecule has 2 amide bonds.